The SMILES string of the molecule is C[C@@H]1c2nc(C3CC3)nn2CCN1C(=O)c1cnc2ccccc2n1. The molecule has 1 aliphatic heterocycles. The number of carbonyl (C=O) groups is 1. The number of aromatic nitrogens is 5. The summed E-state index contributed by atoms with van der Waals surface area (Å²) < 4.78 is 1.95. The third-order valence-corrected chi connectivity index (χ3v) is 4.98. The van der Waals surface area contributed by atoms with Crippen LogP contribution in [0.3, 0.4) is 0 Å². The first-order valence-corrected chi connectivity index (χ1v) is 8.68. The maximum absolute atomic E-state index is 13.0. The maximum atomic E-state index is 13.0. The molecule has 3 heterocycles. The summed E-state index contributed by atoms with van der Waals surface area (Å²) in [6.07, 6.45) is 3.91. The van der Waals surface area contributed by atoms with E-state index in [9.17, 15) is 4.79 Å². The molecule has 1 atom stereocenters. The molecule has 126 valence electrons. The van der Waals surface area contributed by atoms with Crippen LogP contribution in [0.25, 0.3) is 11.0 Å². The van der Waals surface area contributed by atoms with Crippen molar-refractivity contribution in [2.75, 3.05) is 6.54 Å². The predicted molar refractivity (Wildman–Crippen MR) is 91.0 cm³/mol. The van der Waals surface area contributed by atoms with E-state index in [1.54, 1.807) is 6.20 Å². The van der Waals surface area contributed by atoms with Gasteiger partial charge in [-0.25, -0.2) is 14.6 Å². The molecule has 1 amide bonds. The quantitative estimate of drug-likeness (QED) is 0.719. The molecule has 2 aromatic heterocycles. The van der Waals surface area contributed by atoms with Crippen LogP contribution in [0.4, 0.5) is 0 Å². The van der Waals surface area contributed by atoms with Gasteiger partial charge in [-0.3, -0.25) is 9.78 Å². The Morgan fingerprint density at radius 2 is 1.92 bits per heavy atom. The van der Waals surface area contributed by atoms with Crippen molar-refractivity contribution in [3.63, 3.8) is 0 Å². The van der Waals surface area contributed by atoms with E-state index < -0.39 is 0 Å². The first-order chi connectivity index (χ1) is 12.2. The largest absolute Gasteiger partial charge is 0.325 e. The molecule has 1 aliphatic carbocycles. The molecule has 1 fully saturated rings. The van der Waals surface area contributed by atoms with Gasteiger partial charge in [-0.05, 0) is 31.9 Å². The number of benzene rings is 1. The van der Waals surface area contributed by atoms with Crippen molar-refractivity contribution in [3.8, 4) is 0 Å². The number of para-hydroxylation sites is 2. The molecule has 0 bridgehead atoms. The van der Waals surface area contributed by atoms with Crippen LogP contribution in [0, 0.1) is 0 Å². The van der Waals surface area contributed by atoms with Crippen LogP contribution in [-0.2, 0) is 6.54 Å². The van der Waals surface area contributed by atoms with Crippen molar-refractivity contribution in [1.82, 2.24) is 29.6 Å². The van der Waals surface area contributed by atoms with Crippen molar-refractivity contribution in [1.29, 1.82) is 0 Å². The van der Waals surface area contributed by atoms with E-state index in [1.807, 2.05) is 40.8 Å². The number of amides is 1. The standard InChI is InChI=1S/C18H18N6O/c1-11-17-21-16(12-6-7-12)22-24(17)9-8-23(11)18(25)15-10-19-13-4-2-3-5-14(13)20-15/h2-5,10-12H,6-9H2,1H3/t11-/m1/s1. The molecule has 0 N–H and O–H groups in total. The average Bonchev–Trinajstić information content (AvgIpc) is 3.40. The van der Waals surface area contributed by atoms with Gasteiger partial charge in [0.15, 0.2) is 5.82 Å². The molecule has 7 heteroatoms. The lowest BCUT2D eigenvalue weighted by atomic mass is 10.2. The fourth-order valence-corrected chi connectivity index (χ4v) is 3.38. The normalized spacial score (nSPS) is 19.9. The van der Waals surface area contributed by atoms with Gasteiger partial charge in [-0.2, -0.15) is 5.10 Å². The molecule has 0 radical (unpaired) electrons. The molecule has 7 nitrogen and oxygen atoms in total. The van der Waals surface area contributed by atoms with E-state index in [4.69, 9.17) is 4.98 Å². The molecule has 0 saturated heterocycles. The minimum Gasteiger partial charge on any atom is -0.325 e. The monoisotopic (exact) mass is 334 g/mol. The summed E-state index contributed by atoms with van der Waals surface area (Å²) in [5.74, 6) is 2.21. The zero-order chi connectivity index (χ0) is 17.0. The summed E-state index contributed by atoms with van der Waals surface area (Å²) in [5.41, 5.74) is 1.90. The molecular weight excluding hydrogens is 316 g/mol. The Labute approximate surface area is 144 Å². The van der Waals surface area contributed by atoms with E-state index >= 15 is 0 Å². The van der Waals surface area contributed by atoms with Crippen LogP contribution in [0.5, 0.6) is 0 Å². The summed E-state index contributed by atoms with van der Waals surface area (Å²) >= 11 is 0. The minimum absolute atomic E-state index is 0.104. The van der Waals surface area contributed by atoms with Crippen LogP contribution in [0.2, 0.25) is 0 Å². The van der Waals surface area contributed by atoms with Crippen molar-refractivity contribution >= 4 is 16.9 Å². The van der Waals surface area contributed by atoms with Gasteiger partial charge in [-0.15, -0.1) is 0 Å². The van der Waals surface area contributed by atoms with E-state index in [2.05, 4.69) is 15.1 Å². The first-order valence-electron chi connectivity index (χ1n) is 8.68. The highest BCUT2D eigenvalue weighted by Crippen LogP contribution is 2.39. The number of hydrogen-bond donors (Lipinski definition) is 0. The van der Waals surface area contributed by atoms with Crippen molar-refractivity contribution in [2.24, 2.45) is 0 Å². The van der Waals surface area contributed by atoms with Gasteiger partial charge in [0.25, 0.3) is 5.91 Å². The van der Waals surface area contributed by atoms with Gasteiger partial charge in [0.1, 0.15) is 11.5 Å². The topological polar surface area (TPSA) is 76.8 Å². The lowest BCUT2D eigenvalue weighted by molar-refractivity contribution is 0.0624. The summed E-state index contributed by atoms with van der Waals surface area (Å²) in [6, 6.07) is 7.46. The molecule has 1 saturated carbocycles. The van der Waals surface area contributed by atoms with E-state index in [0.29, 0.717) is 24.7 Å². The van der Waals surface area contributed by atoms with E-state index in [-0.39, 0.29) is 11.9 Å². The Bertz CT molecular complexity index is 977. The zero-order valence-corrected chi connectivity index (χ0v) is 14.0. The van der Waals surface area contributed by atoms with Crippen LogP contribution in [0.1, 0.15) is 53.9 Å². The fraction of sp³-hybridized carbons (Fsp3) is 0.389. The van der Waals surface area contributed by atoms with Gasteiger partial charge in [0.05, 0.1) is 29.8 Å². The Balaban J connectivity index is 1.46. The summed E-state index contributed by atoms with van der Waals surface area (Å²) in [6.45, 7) is 3.28. The number of fused-ring (bicyclic) bond motifs is 2. The van der Waals surface area contributed by atoms with E-state index in [1.165, 1.54) is 12.8 Å². The van der Waals surface area contributed by atoms with Crippen molar-refractivity contribution in [3.05, 3.63) is 47.8 Å². The lowest BCUT2D eigenvalue weighted by Gasteiger charge is -2.32. The van der Waals surface area contributed by atoms with Gasteiger partial charge < -0.3 is 4.90 Å². The second-order valence-corrected chi connectivity index (χ2v) is 6.74. The average molecular weight is 334 g/mol. The van der Waals surface area contributed by atoms with E-state index in [0.717, 1.165) is 22.7 Å². The summed E-state index contributed by atoms with van der Waals surface area (Å²) in [7, 11) is 0. The summed E-state index contributed by atoms with van der Waals surface area (Å²) in [5, 5.41) is 4.61. The van der Waals surface area contributed by atoms with Crippen LogP contribution in [0.15, 0.2) is 30.5 Å². The molecule has 25 heavy (non-hydrogen) atoms. The third kappa shape index (κ3) is 2.38. The maximum Gasteiger partial charge on any atom is 0.274 e. The van der Waals surface area contributed by atoms with Crippen LogP contribution in [-0.4, -0.2) is 42.1 Å². The summed E-state index contributed by atoms with van der Waals surface area (Å²) in [4.78, 5) is 28.3. The molecular formula is C18H18N6O. The Kier molecular flexibility index (Phi) is 3.10. The molecule has 0 unspecified atom stereocenters. The highest BCUT2D eigenvalue weighted by molar-refractivity contribution is 5.94. The number of hydrogen-bond acceptors (Lipinski definition) is 5. The van der Waals surface area contributed by atoms with Crippen molar-refractivity contribution < 1.29 is 4.79 Å². The molecule has 0 spiro atoms. The third-order valence-electron chi connectivity index (χ3n) is 4.98. The Hall–Kier alpha value is -2.83. The second kappa shape index (κ2) is 5.34. The van der Waals surface area contributed by atoms with Gasteiger partial charge in [0.2, 0.25) is 0 Å². The number of nitrogens with zero attached hydrogens (tertiary/aromatic N) is 6. The molecule has 3 aromatic rings. The minimum atomic E-state index is -0.116. The predicted octanol–water partition coefficient (Wildman–Crippen LogP) is 2.32. The highest BCUT2D eigenvalue weighted by atomic mass is 16.2. The lowest BCUT2D eigenvalue weighted by Crippen LogP contribution is -2.41. The first kappa shape index (κ1) is 14.5. The number of carbonyl (C=O) groups excluding carboxylic acids is 1. The Morgan fingerprint density at radius 1 is 1.12 bits per heavy atom. The highest BCUT2D eigenvalue weighted by Gasteiger charge is 2.35. The fourth-order valence-electron chi connectivity index (χ4n) is 3.38. The van der Waals surface area contributed by atoms with Gasteiger partial charge in [-0.1, -0.05) is 12.1 Å². The van der Waals surface area contributed by atoms with Gasteiger partial charge >= 0.3 is 0 Å². The molecule has 5 rings (SSSR count). The Morgan fingerprint density at radius 3 is 2.72 bits per heavy atom. The number of rotatable bonds is 2. The zero-order valence-electron chi connectivity index (χ0n) is 14.0. The van der Waals surface area contributed by atoms with Gasteiger partial charge in [0, 0.05) is 12.5 Å². The van der Waals surface area contributed by atoms with Crippen LogP contribution >= 0.6 is 0 Å². The second-order valence-electron chi connectivity index (χ2n) is 6.74. The molecule has 2 aliphatic rings. The van der Waals surface area contributed by atoms with Crippen LogP contribution < -0.4 is 0 Å². The molecule has 1 aromatic carbocycles. The smallest absolute Gasteiger partial charge is 0.274 e. The van der Waals surface area contributed by atoms with Crippen molar-refractivity contribution in [2.45, 2.75) is 38.3 Å².